The number of carboxylic acid groups (broad SMARTS) is 1. The standard InChI is InChI=1S/C18H22N4O4/c1-10(2)8-14(18(25)26)21-15(23)9-13-11(3)20-16(22-17(13)24)12-4-6-19-7-5-12/h4-7,10,14H,8-9H2,1-3H3,(H,21,23)(H,25,26)(H,20,22,24)/t14-/m1/s1. The quantitative estimate of drug-likeness (QED) is 0.685. The lowest BCUT2D eigenvalue weighted by Crippen LogP contribution is -2.43. The fraction of sp³-hybridized carbons (Fsp3) is 0.389. The van der Waals surface area contributed by atoms with Crippen LogP contribution in [-0.4, -0.2) is 38.0 Å². The molecule has 2 aromatic heterocycles. The number of pyridine rings is 1. The van der Waals surface area contributed by atoms with Gasteiger partial charge in [0, 0.05) is 29.2 Å². The average Bonchev–Trinajstić information content (AvgIpc) is 2.57. The number of amides is 1. The third kappa shape index (κ3) is 4.98. The highest BCUT2D eigenvalue weighted by Crippen LogP contribution is 2.13. The van der Waals surface area contributed by atoms with E-state index in [9.17, 15) is 19.5 Å². The van der Waals surface area contributed by atoms with E-state index in [1.54, 1.807) is 31.5 Å². The Bertz CT molecular complexity index is 846. The summed E-state index contributed by atoms with van der Waals surface area (Å²) in [6, 6.07) is 2.45. The van der Waals surface area contributed by atoms with E-state index >= 15 is 0 Å². The van der Waals surface area contributed by atoms with Gasteiger partial charge in [-0.05, 0) is 31.4 Å². The maximum atomic E-state index is 12.4. The highest BCUT2D eigenvalue weighted by molar-refractivity contribution is 5.84. The summed E-state index contributed by atoms with van der Waals surface area (Å²) in [5.41, 5.74) is 0.926. The van der Waals surface area contributed by atoms with Gasteiger partial charge in [-0.25, -0.2) is 9.78 Å². The zero-order valence-electron chi connectivity index (χ0n) is 14.9. The lowest BCUT2D eigenvalue weighted by Gasteiger charge is -2.16. The van der Waals surface area contributed by atoms with Crippen LogP contribution >= 0.6 is 0 Å². The second kappa shape index (κ2) is 8.37. The molecule has 0 aromatic carbocycles. The molecule has 26 heavy (non-hydrogen) atoms. The van der Waals surface area contributed by atoms with Gasteiger partial charge < -0.3 is 15.4 Å². The first-order valence-corrected chi connectivity index (χ1v) is 8.30. The molecule has 0 aliphatic rings. The molecule has 0 aliphatic heterocycles. The summed E-state index contributed by atoms with van der Waals surface area (Å²) in [5, 5.41) is 11.7. The van der Waals surface area contributed by atoms with Gasteiger partial charge in [0.15, 0.2) is 0 Å². The molecule has 1 atom stereocenters. The molecule has 8 nitrogen and oxygen atoms in total. The molecule has 0 radical (unpaired) electrons. The third-order valence-corrected chi connectivity index (χ3v) is 3.85. The van der Waals surface area contributed by atoms with E-state index in [1.807, 2.05) is 13.8 Å². The maximum Gasteiger partial charge on any atom is 0.326 e. The first-order valence-electron chi connectivity index (χ1n) is 8.30. The van der Waals surface area contributed by atoms with Gasteiger partial charge in [-0.2, -0.15) is 0 Å². The summed E-state index contributed by atoms with van der Waals surface area (Å²) in [6.45, 7) is 5.39. The van der Waals surface area contributed by atoms with Crippen molar-refractivity contribution in [3.05, 3.63) is 46.1 Å². The predicted molar refractivity (Wildman–Crippen MR) is 95.6 cm³/mol. The van der Waals surface area contributed by atoms with E-state index in [-0.39, 0.29) is 17.9 Å². The predicted octanol–water partition coefficient (Wildman–Crippen LogP) is 1.30. The first kappa shape index (κ1) is 19.3. The van der Waals surface area contributed by atoms with Crippen molar-refractivity contribution in [2.75, 3.05) is 0 Å². The van der Waals surface area contributed by atoms with Crippen molar-refractivity contribution in [1.29, 1.82) is 0 Å². The number of rotatable bonds is 7. The molecule has 3 N–H and O–H groups in total. The molecule has 2 aromatic rings. The van der Waals surface area contributed by atoms with E-state index in [0.29, 0.717) is 23.5 Å². The van der Waals surface area contributed by atoms with Gasteiger partial charge in [-0.1, -0.05) is 13.8 Å². The van der Waals surface area contributed by atoms with Crippen LogP contribution in [-0.2, 0) is 16.0 Å². The molecule has 2 rings (SSSR count). The van der Waals surface area contributed by atoms with E-state index < -0.39 is 23.5 Å². The number of carbonyl (C=O) groups excluding carboxylic acids is 1. The SMILES string of the molecule is Cc1nc(-c2ccncc2)[nH]c(=O)c1CC(=O)N[C@H](CC(C)C)C(=O)O. The number of aryl methyl sites for hydroxylation is 1. The van der Waals surface area contributed by atoms with Crippen LogP contribution in [0.2, 0.25) is 0 Å². The van der Waals surface area contributed by atoms with Crippen LogP contribution in [0.15, 0.2) is 29.3 Å². The van der Waals surface area contributed by atoms with Crippen LogP contribution in [0.25, 0.3) is 11.4 Å². The van der Waals surface area contributed by atoms with E-state index in [2.05, 4.69) is 20.3 Å². The number of hydrogen-bond donors (Lipinski definition) is 3. The summed E-state index contributed by atoms with van der Waals surface area (Å²) in [5.74, 6) is -1.11. The fourth-order valence-corrected chi connectivity index (χ4v) is 2.56. The Balaban J connectivity index is 2.18. The molecule has 0 spiro atoms. The van der Waals surface area contributed by atoms with Crippen LogP contribution in [0.1, 0.15) is 31.5 Å². The van der Waals surface area contributed by atoms with Crippen molar-refractivity contribution >= 4 is 11.9 Å². The van der Waals surface area contributed by atoms with Crippen LogP contribution in [0, 0.1) is 12.8 Å². The average molecular weight is 358 g/mol. The van der Waals surface area contributed by atoms with Crippen molar-refractivity contribution < 1.29 is 14.7 Å². The summed E-state index contributed by atoms with van der Waals surface area (Å²) in [6.07, 6.45) is 3.27. The van der Waals surface area contributed by atoms with Gasteiger partial charge in [0.05, 0.1) is 6.42 Å². The molecular formula is C18H22N4O4. The number of hydrogen-bond acceptors (Lipinski definition) is 5. The lowest BCUT2D eigenvalue weighted by atomic mass is 10.0. The molecule has 2 heterocycles. The third-order valence-electron chi connectivity index (χ3n) is 3.85. The van der Waals surface area contributed by atoms with Crippen molar-refractivity contribution in [1.82, 2.24) is 20.3 Å². The zero-order valence-corrected chi connectivity index (χ0v) is 14.9. The van der Waals surface area contributed by atoms with Gasteiger partial charge in [0.25, 0.3) is 5.56 Å². The minimum atomic E-state index is -1.09. The van der Waals surface area contributed by atoms with E-state index in [4.69, 9.17) is 0 Å². The smallest absolute Gasteiger partial charge is 0.326 e. The number of H-pyrrole nitrogens is 1. The highest BCUT2D eigenvalue weighted by atomic mass is 16.4. The molecular weight excluding hydrogens is 336 g/mol. The zero-order chi connectivity index (χ0) is 19.3. The topological polar surface area (TPSA) is 125 Å². The highest BCUT2D eigenvalue weighted by Gasteiger charge is 2.22. The molecule has 0 bridgehead atoms. The molecule has 0 saturated heterocycles. The lowest BCUT2D eigenvalue weighted by molar-refractivity contribution is -0.142. The first-order chi connectivity index (χ1) is 12.3. The molecule has 0 unspecified atom stereocenters. The maximum absolute atomic E-state index is 12.4. The Morgan fingerprint density at radius 1 is 1.27 bits per heavy atom. The molecule has 138 valence electrons. The molecule has 0 saturated carbocycles. The van der Waals surface area contributed by atoms with Gasteiger partial charge in [0.2, 0.25) is 5.91 Å². The normalized spacial score (nSPS) is 12.0. The van der Waals surface area contributed by atoms with Gasteiger partial charge in [-0.15, -0.1) is 0 Å². The number of nitrogens with one attached hydrogen (secondary N) is 2. The van der Waals surface area contributed by atoms with Crippen molar-refractivity contribution in [2.24, 2.45) is 5.92 Å². The summed E-state index contributed by atoms with van der Waals surface area (Å²) in [7, 11) is 0. The minimum Gasteiger partial charge on any atom is -0.480 e. The number of aromatic nitrogens is 3. The van der Waals surface area contributed by atoms with E-state index in [0.717, 1.165) is 0 Å². The van der Waals surface area contributed by atoms with Gasteiger partial charge in [-0.3, -0.25) is 14.6 Å². The Morgan fingerprint density at radius 3 is 2.46 bits per heavy atom. The second-order valence-electron chi connectivity index (χ2n) is 6.48. The summed E-state index contributed by atoms with van der Waals surface area (Å²) in [4.78, 5) is 46.7. The number of carbonyl (C=O) groups is 2. The Labute approximate surface area is 150 Å². The van der Waals surface area contributed by atoms with Crippen LogP contribution in [0.4, 0.5) is 0 Å². The monoisotopic (exact) mass is 358 g/mol. The molecule has 1 amide bonds. The Kier molecular flexibility index (Phi) is 6.21. The minimum absolute atomic E-state index is 0.114. The Hall–Kier alpha value is -3.03. The molecule has 0 fully saturated rings. The number of aliphatic carboxylic acids is 1. The van der Waals surface area contributed by atoms with Crippen LogP contribution in [0.5, 0.6) is 0 Å². The van der Waals surface area contributed by atoms with Gasteiger partial charge in [0.1, 0.15) is 11.9 Å². The number of carboxylic acids is 1. The van der Waals surface area contributed by atoms with Crippen molar-refractivity contribution in [3.8, 4) is 11.4 Å². The summed E-state index contributed by atoms with van der Waals surface area (Å²) < 4.78 is 0. The number of aromatic amines is 1. The molecule has 8 heteroatoms. The van der Waals surface area contributed by atoms with Crippen LogP contribution in [0.3, 0.4) is 0 Å². The fourth-order valence-electron chi connectivity index (χ4n) is 2.56. The van der Waals surface area contributed by atoms with Gasteiger partial charge >= 0.3 is 5.97 Å². The second-order valence-corrected chi connectivity index (χ2v) is 6.48. The van der Waals surface area contributed by atoms with Crippen molar-refractivity contribution in [2.45, 2.75) is 39.7 Å². The molecule has 0 aliphatic carbocycles. The van der Waals surface area contributed by atoms with E-state index in [1.165, 1.54) is 0 Å². The Morgan fingerprint density at radius 2 is 1.92 bits per heavy atom. The number of nitrogens with zero attached hydrogens (tertiary/aromatic N) is 2. The largest absolute Gasteiger partial charge is 0.480 e. The van der Waals surface area contributed by atoms with Crippen molar-refractivity contribution in [3.63, 3.8) is 0 Å². The van der Waals surface area contributed by atoms with Crippen LogP contribution < -0.4 is 10.9 Å². The summed E-state index contributed by atoms with van der Waals surface area (Å²) >= 11 is 0.